The number of halogens is 3. The number of hydrogen-bond donors (Lipinski definition) is 0. The molecule has 6 nitrogen and oxygen atoms in total. The molecule has 0 unspecified atom stereocenters. The zero-order chi connectivity index (χ0) is 18.7. The molecule has 134 valence electrons. The number of hydrogen-bond acceptors (Lipinski definition) is 4. The van der Waals surface area contributed by atoms with Gasteiger partial charge in [-0.3, -0.25) is 9.69 Å². The van der Waals surface area contributed by atoms with Gasteiger partial charge in [0.1, 0.15) is 12.4 Å². The van der Waals surface area contributed by atoms with Gasteiger partial charge in [0.25, 0.3) is 5.91 Å². The van der Waals surface area contributed by atoms with E-state index in [0.717, 1.165) is 5.56 Å². The van der Waals surface area contributed by atoms with Crippen molar-refractivity contribution >= 4 is 11.7 Å². The van der Waals surface area contributed by atoms with E-state index in [-0.39, 0.29) is 11.5 Å². The Morgan fingerprint density at radius 3 is 2.65 bits per heavy atom. The molecule has 0 fully saturated rings. The summed E-state index contributed by atoms with van der Waals surface area (Å²) in [7, 11) is 0. The Balaban J connectivity index is 1.92. The Morgan fingerprint density at radius 1 is 1.19 bits per heavy atom. The molecule has 9 heteroatoms. The maximum absolute atomic E-state index is 12.9. The maximum Gasteiger partial charge on any atom is 0.406 e. The van der Waals surface area contributed by atoms with Gasteiger partial charge in [0, 0.05) is 6.20 Å². The number of aromatic nitrogens is 4. The Bertz CT molecular complexity index is 908. The number of carbonyl (C=O) groups is 1. The minimum Gasteiger partial charge on any atom is -0.282 e. The smallest absolute Gasteiger partial charge is 0.282 e. The highest BCUT2D eigenvalue weighted by molar-refractivity contribution is 6.04. The van der Waals surface area contributed by atoms with Crippen molar-refractivity contribution < 1.29 is 18.0 Å². The Kier molecular flexibility index (Phi) is 4.70. The van der Waals surface area contributed by atoms with Crippen LogP contribution in [0.25, 0.3) is 5.69 Å². The fourth-order valence-corrected chi connectivity index (χ4v) is 2.35. The van der Waals surface area contributed by atoms with Gasteiger partial charge in [-0.1, -0.05) is 23.4 Å². The molecule has 0 aliphatic rings. The number of carbonyl (C=O) groups excluding carboxylic acids is 1. The third kappa shape index (κ3) is 4.05. The molecule has 0 spiro atoms. The van der Waals surface area contributed by atoms with Gasteiger partial charge in [0.15, 0.2) is 5.69 Å². The van der Waals surface area contributed by atoms with Crippen LogP contribution in [-0.4, -0.2) is 38.6 Å². The maximum atomic E-state index is 12.9. The predicted octanol–water partition coefficient (Wildman–Crippen LogP) is 3.18. The second kappa shape index (κ2) is 6.95. The molecule has 0 N–H and O–H groups in total. The number of rotatable bonds is 4. The van der Waals surface area contributed by atoms with Crippen molar-refractivity contribution in [3.05, 3.63) is 66.1 Å². The number of pyridine rings is 1. The molecular weight excluding hydrogens is 347 g/mol. The van der Waals surface area contributed by atoms with Crippen LogP contribution in [0, 0.1) is 6.92 Å². The van der Waals surface area contributed by atoms with Crippen molar-refractivity contribution in [2.24, 2.45) is 0 Å². The van der Waals surface area contributed by atoms with Crippen LogP contribution in [-0.2, 0) is 0 Å². The van der Waals surface area contributed by atoms with Gasteiger partial charge in [0.05, 0.1) is 11.9 Å². The summed E-state index contributed by atoms with van der Waals surface area (Å²) >= 11 is 0. The molecule has 0 aliphatic heterocycles. The third-order valence-electron chi connectivity index (χ3n) is 3.49. The molecule has 0 saturated carbocycles. The van der Waals surface area contributed by atoms with Crippen LogP contribution in [0.1, 0.15) is 16.1 Å². The normalized spacial score (nSPS) is 11.4. The predicted molar refractivity (Wildman–Crippen MR) is 88.1 cm³/mol. The van der Waals surface area contributed by atoms with Gasteiger partial charge >= 0.3 is 6.18 Å². The van der Waals surface area contributed by atoms with E-state index in [0.29, 0.717) is 10.6 Å². The number of benzene rings is 1. The largest absolute Gasteiger partial charge is 0.406 e. The highest BCUT2D eigenvalue weighted by Crippen LogP contribution is 2.22. The van der Waals surface area contributed by atoms with Crippen molar-refractivity contribution in [2.75, 3.05) is 11.4 Å². The van der Waals surface area contributed by atoms with Crippen LogP contribution in [0.3, 0.4) is 0 Å². The van der Waals surface area contributed by atoms with E-state index in [1.54, 1.807) is 18.2 Å². The topological polar surface area (TPSA) is 63.9 Å². The molecule has 1 amide bonds. The molecule has 0 aliphatic carbocycles. The lowest BCUT2D eigenvalue weighted by Crippen LogP contribution is -2.39. The number of amides is 1. The average Bonchev–Trinajstić information content (AvgIpc) is 3.09. The van der Waals surface area contributed by atoms with Crippen LogP contribution < -0.4 is 4.90 Å². The summed E-state index contributed by atoms with van der Waals surface area (Å²) < 4.78 is 40.1. The van der Waals surface area contributed by atoms with Crippen LogP contribution >= 0.6 is 0 Å². The van der Waals surface area contributed by atoms with Crippen molar-refractivity contribution in [3.8, 4) is 5.69 Å². The molecule has 0 saturated heterocycles. The Labute approximate surface area is 146 Å². The molecule has 0 atom stereocenters. The van der Waals surface area contributed by atoms with Gasteiger partial charge < -0.3 is 0 Å². The highest BCUT2D eigenvalue weighted by Gasteiger charge is 2.35. The van der Waals surface area contributed by atoms with Crippen molar-refractivity contribution in [3.63, 3.8) is 0 Å². The number of alkyl halides is 3. The third-order valence-corrected chi connectivity index (χ3v) is 3.49. The summed E-state index contributed by atoms with van der Waals surface area (Å²) in [6, 6.07) is 11.6. The fourth-order valence-electron chi connectivity index (χ4n) is 2.35. The highest BCUT2D eigenvalue weighted by atomic mass is 19.4. The summed E-state index contributed by atoms with van der Waals surface area (Å²) in [5.74, 6) is -1.04. The first kappa shape index (κ1) is 17.6. The molecule has 0 bridgehead atoms. The lowest BCUT2D eigenvalue weighted by atomic mass is 10.2. The van der Waals surface area contributed by atoms with Gasteiger partial charge in [-0.25, -0.2) is 9.67 Å². The minimum atomic E-state index is -4.58. The Morgan fingerprint density at radius 2 is 2.00 bits per heavy atom. The summed E-state index contributed by atoms with van der Waals surface area (Å²) in [6.45, 7) is 0.415. The second-order valence-electron chi connectivity index (χ2n) is 5.58. The molecule has 2 aromatic heterocycles. The van der Waals surface area contributed by atoms with Crippen LogP contribution in [0.15, 0.2) is 54.9 Å². The monoisotopic (exact) mass is 361 g/mol. The molecule has 1 aromatic carbocycles. The molecule has 3 aromatic rings. The molecule has 2 heterocycles. The summed E-state index contributed by atoms with van der Waals surface area (Å²) in [6.07, 6.45) is -1.97. The van der Waals surface area contributed by atoms with Gasteiger partial charge in [-0.15, -0.1) is 5.10 Å². The van der Waals surface area contributed by atoms with E-state index >= 15 is 0 Å². The number of aryl methyl sites for hydroxylation is 1. The van der Waals surface area contributed by atoms with Gasteiger partial charge in [-0.05, 0) is 36.8 Å². The first-order valence-corrected chi connectivity index (χ1v) is 7.62. The number of anilines is 1. The quantitative estimate of drug-likeness (QED) is 0.716. The molecule has 26 heavy (non-hydrogen) atoms. The lowest BCUT2D eigenvalue weighted by Gasteiger charge is -2.21. The number of nitrogens with zero attached hydrogens (tertiary/aromatic N) is 5. The zero-order valence-electron chi connectivity index (χ0n) is 13.7. The van der Waals surface area contributed by atoms with E-state index in [1.165, 1.54) is 29.2 Å². The molecule has 3 rings (SSSR count). The first-order chi connectivity index (χ1) is 12.3. The SMILES string of the molecule is Cc1cccc(-n2cc(C(=O)N(CC(F)(F)F)c3ccccn3)nn2)c1. The van der Waals surface area contributed by atoms with Crippen LogP contribution in [0.4, 0.5) is 19.0 Å². The van der Waals surface area contributed by atoms with E-state index in [4.69, 9.17) is 0 Å². The van der Waals surface area contributed by atoms with Crippen LogP contribution in [0.2, 0.25) is 0 Å². The first-order valence-electron chi connectivity index (χ1n) is 7.62. The summed E-state index contributed by atoms with van der Waals surface area (Å²) in [5.41, 5.74) is 1.41. The molecule has 0 radical (unpaired) electrons. The van der Waals surface area contributed by atoms with Crippen molar-refractivity contribution in [1.29, 1.82) is 0 Å². The standard InChI is InChI=1S/C17H14F3N5O/c1-12-5-4-6-13(9-12)25-10-14(22-23-25)16(26)24(11-17(18,19)20)15-7-2-3-8-21-15/h2-10H,11H2,1H3. The van der Waals surface area contributed by atoms with E-state index in [2.05, 4.69) is 15.3 Å². The molecular formula is C17H14F3N5O. The Hall–Kier alpha value is -3.23. The van der Waals surface area contributed by atoms with E-state index in [1.807, 2.05) is 19.1 Å². The van der Waals surface area contributed by atoms with Crippen molar-refractivity contribution in [1.82, 2.24) is 20.0 Å². The minimum absolute atomic E-state index is 0.111. The van der Waals surface area contributed by atoms with E-state index in [9.17, 15) is 18.0 Å². The fraction of sp³-hybridized carbons (Fsp3) is 0.176. The van der Waals surface area contributed by atoms with Gasteiger partial charge in [0.2, 0.25) is 0 Å². The van der Waals surface area contributed by atoms with Gasteiger partial charge in [-0.2, -0.15) is 13.2 Å². The summed E-state index contributed by atoms with van der Waals surface area (Å²) in [4.78, 5) is 17.0. The second-order valence-corrected chi connectivity index (χ2v) is 5.58. The lowest BCUT2D eigenvalue weighted by molar-refractivity contribution is -0.118. The average molecular weight is 361 g/mol. The van der Waals surface area contributed by atoms with Crippen molar-refractivity contribution in [2.45, 2.75) is 13.1 Å². The van der Waals surface area contributed by atoms with Crippen LogP contribution in [0.5, 0.6) is 0 Å². The van der Waals surface area contributed by atoms with E-state index < -0.39 is 18.6 Å². The zero-order valence-corrected chi connectivity index (χ0v) is 13.7. The summed E-state index contributed by atoms with van der Waals surface area (Å²) in [5, 5.41) is 7.56.